The highest BCUT2D eigenvalue weighted by Crippen LogP contribution is 2.18. The molecule has 0 aliphatic heterocycles. The first-order chi connectivity index (χ1) is 14.5. The van der Waals surface area contributed by atoms with Gasteiger partial charge in [-0.3, -0.25) is 24.0 Å². The van der Waals surface area contributed by atoms with Crippen LogP contribution in [-0.2, 0) is 9.59 Å². The Morgan fingerprint density at radius 3 is 1.23 bits per heavy atom. The fourth-order valence-electron chi connectivity index (χ4n) is 3.01. The van der Waals surface area contributed by atoms with Gasteiger partial charge in [0.05, 0.1) is 0 Å². The van der Waals surface area contributed by atoms with Gasteiger partial charge in [0.1, 0.15) is 0 Å². The maximum Gasteiger partial charge on any atom is 0.162 e. The first kappa shape index (κ1) is 26.1. The minimum absolute atomic E-state index is 0.0103. The molecule has 1 rings (SSSR count). The molecule has 0 saturated heterocycles. The predicted octanol–water partition coefficient (Wildman–Crippen LogP) is 5.67. The normalized spacial score (nSPS) is 10.4. The Hall–Kier alpha value is -2.95. The topological polar surface area (TPSA) is 85.3 Å². The van der Waals surface area contributed by atoms with Crippen LogP contribution in [0.1, 0.15) is 103 Å². The number of Topliss-reactive ketones (excluding diaryl/α,β-unsaturated/α-hetero) is 5. The van der Waals surface area contributed by atoms with E-state index < -0.39 is 0 Å². The monoisotopic (exact) mass is 424 g/mol. The average Bonchev–Trinajstić information content (AvgIpc) is 2.72. The highest BCUT2D eigenvalue weighted by molar-refractivity contribution is 6.05. The Labute approximate surface area is 184 Å². The maximum absolute atomic E-state index is 12.6. The predicted molar refractivity (Wildman–Crippen MR) is 122 cm³/mol. The van der Waals surface area contributed by atoms with Gasteiger partial charge in [0.2, 0.25) is 0 Å². The molecule has 0 heterocycles. The van der Waals surface area contributed by atoms with Crippen LogP contribution >= 0.6 is 0 Å². The Morgan fingerprint density at radius 2 is 0.903 bits per heavy atom. The van der Waals surface area contributed by atoms with Crippen molar-refractivity contribution in [3.8, 4) is 0 Å². The van der Waals surface area contributed by atoms with Gasteiger partial charge >= 0.3 is 0 Å². The third kappa shape index (κ3) is 9.16. The number of benzene rings is 1. The van der Waals surface area contributed by atoms with Crippen molar-refractivity contribution in [2.75, 3.05) is 0 Å². The number of allylic oxidation sites excluding steroid dienone is 2. The summed E-state index contributed by atoms with van der Waals surface area (Å²) in [5.41, 5.74) is 2.00. The zero-order valence-corrected chi connectivity index (χ0v) is 18.8. The first-order valence-electron chi connectivity index (χ1n) is 10.6. The Morgan fingerprint density at radius 1 is 0.581 bits per heavy atom. The van der Waals surface area contributed by atoms with Crippen LogP contribution in [0.15, 0.2) is 42.5 Å². The molecule has 0 aliphatic carbocycles. The van der Waals surface area contributed by atoms with Gasteiger partial charge in [-0.2, -0.15) is 0 Å². The second-order valence-corrected chi connectivity index (χ2v) is 8.02. The molecule has 0 bridgehead atoms. The molecule has 0 radical (unpaired) electrons. The van der Waals surface area contributed by atoms with Crippen LogP contribution < -0.4 is 0 Å². The lowest BCUT2D eigenvalue weighted by atomic mass is 9.94. The molecule has 5 heteroatoms. The fraction of sp³-hybridized carbons (Fsp3) is 0.423. The summed E-state index contributed by atoms with van der Waals surface area (Å²) in [6.45, 7) is 11.9. The first-order valence-corrected chi connectivity index (χ1v) is 10.6. The van der Waals surface area contributed by atoms with E-state index in [2.05, 4.69) is 13.2 Å². The fourth-order valence-corrected chi connectivity index (χ4v) is 3.01. The number of hydrogen-bond acceptors (Lipinski definition) is 5. The van der Waals surface area contributed by atoms with Gasteiger partial charge in [-0.15, -0.1) is 0 Å². The zero-order valence-electron chi connectivity index (χ0n) is 18.8. The number of unbranched alkanes of at least 4 members (excludes halogenated alkanes) is 2. The largest absolute Gasteiger partial charge is 0.295 e. The summed E-state index contributed by atoms with van der Waals surface area (Å²) >= 11 is 0. The summed E-state index contributed by atoms with van der Waals surface area (Å²) in [6, 6.07) is 4.58. The highest BCUT2D eigenvalue weighted by atomic mass is 16.1. The van der Waals surface area contributed by atoms with Gasteiger partial charge in [0, 0.05) is 42.4 Å². The minimum Gasteiger partial charge on any atom is -0.295 e. The number of hydrogen-bond donors (Lipinski definition) is 0. The SMILES string of the molecule is C=C(C)C(=O)CCCCC(=O)c1cc(C(C)=O)cc(C(=O)CCCCC(=O)C(=C)C)c1. The van der Waals surface area contributed by atoms with Gasteiger partial charge in [-0.25, -0.2) is 0 Å². The maximum atomic E-state index is 12.6. The van der Waals surface area contributed by atoms with Crippen LogP contribution in [-0.4, -0.2) is 28.9 Å². The summed E-state index contributed by atoms with van der Waals surface area (Å²) in [4.78, 5) is 60.3. The molecule has 0 unspecified atom stereocenters. The minimum atomic E-state index is -0.220. The van der Waals surface area contributed by atoms with E-state index in [0.29, 0.717) is 66.4 Å². The van der Waals surface area contributed by atoms with E-state index in [-0.39, 0.29) is 41.8 Å². The summed E-state index contributed by atoms with van der Waals surface area (Å²) in [5.74, 6) is -0.561. The quantitative estimate of drug-likeness (QED) is 0.206. The van der Waals surface area contributed by atoms with Gasteiger partial charge in [-0.05, 0) is 75.8 Å². The second-order valence-electron chi connectivity index (χ2n) is 8.02. The molecule has 5 nitrogen and oxygen atoms in total. The lowest BCUT2D eigenvalue weighted by molar-refractivity contribution is -0.116. The number of carbonyl (C=O) groups excluding carboxylic acids is 5. The van der Waals surface area contributed by atoms with Crippen LogP contribution in [0.2, 0.25) is 0 Å². The van der Waals surface area contributed by atoms with Gasteiger partial charge in [0.15, 0.2) is 28.9 Å². The molecule has 0 atom stereocenters. The average molecular weight is 425 g/mol. The molecule has 1 aromatic carbocycles. The smallest absolute Gasteiger partial charge is 0.162 e. The van der Waals surface area contributed by atoms with Crippen LogP contribution in [0.25, 0.3) is 0 Å². The number of rotatable bonds is 15. The van der Waals surface area contributed by atoms with Crippen molar-refractivity contribution in [2.24, 2.45) is 0 Å². The van der Waals surface area contributed by atoms with E-state index in [1.165, 1.54) is 25.1 Å². The molecule has 1 aromatic rings. The van der Waals surface area contributed by atoms with Gasteiger partial charge in [0.25, 0.3) is 0 Å². The molecular formula is C26H32O5. The van der Waals surface area contributed by atoms with Crippen molar-refractivity contribution in [1.82, 2.24) is 0 Å². The van der Waals surface area contributed by atoms with Crippen LogP contribution in [0.3, 0.4) is 0 Å². The third-order valence-electron chi connectivity index (χ3n) is 5.05. The van der Waals surface area contributed by atoms with Crippen LogP contribution in [0.4, 0.5) is 0 Å². The molecule has 0 spiro atoms. The lowest BCUT2D eigenvalue weighted by Gasteiger charge is -2.08. The lowest BCUT2D eigenvalue weighted by Crippen LogP contribution is -2.08. The number of carbonyl (C=O) groups is 5. The Balaban J connectivity index is 2.76. The van der Waals surface area contributed by atoms with E-state index in [9.17, 15) is 24.0 Å². The Kier molecular flexibility index (Phi) is 10.7. The molecule has 0 aliphatic rings. The third-order valence-corrected chi connectivity index (χ3v) is 5.05. The van der Waals surface area contributed by atoms with Crippen molar-refractivity contribution in [2.45, 2.75) is 72.1 Å². The van der Waals surface area contributed by atoms with Crippen LogP contribution in [0.5, 0.6) is 0 Å². The summed E-state index contributed by atoms with van der Waals surface area (Å²) in [6.07, 6.45) is 3.44. The van der Waals surface area contributed by atoms with E-state index in [4.69, 9.17) is 0 Å². The molecule has 0 N–H and O–H groups in total. The van der Waals surface area contributed by atoms with Crippen LogP contribution in [0, 0.1) is 0 Å². The van der Waals surface area contributed by atoms with E-state index in [1.807, 2.05) is 0 Å². The zero-order chi connectivity index (χ0) is 23.6. The number of ketones is 5. The molecule has 0 saturated carbocycles. The molecule has 0 fully saturated rings. The van der Waals surface area contributed by atoms with Crippen molar-refractivity contribution in [3.05, 3.63) is 59.2 Å². The molecular weight excluding hydrogens is 392 g/mol. The van der Waals surface area contributed by atoms with Gasteiger partial charge < -0.3 is 0 Å². The van der Waals surface area contributed by atoms with Crippen molar-refractivity contribution < 1.29 is 24.0 Å². The van der Waals surface area contributed by atoms with Crippen molar-refractivity contribution in [1.29, 1.82) is 0 Å². The Bertz CT molecular complexity index is 840. The molecule has 0 aromatic heterocycles. The van der Waals surface area contributed by atoms with Gasteiger partial charge in [-0.1, -0.05) is 13.2 Å². The summed E-state index contributed by atoms with van der Waals surface area (Å²) in [5, 5.41) is 0. The molecule has 0 amide bonds. The molecule has 31 heavy (non-hydrogen) atoms. The van der Waals surface area contributed by atoms with Crippen molar-refractivity contribution >= 4 is 28.9 Å². The second kappa shape index (κ2) is 12.7. The van der Waals surface area contributed by atoms with Crippen molar-refractivity contribution in [3.63, 3.8) is 0 Å². The van der Waals surface area contributed by atoms with E-state index in [1.54, 1.807) is 13.8 Å². The summed E-state index contributed by atoms with van der Waals surface area (Å²) in [7, 11) is 0. The highest BCUT2D eigenvalue weighted by Gasteiger charge is 2.15. The van der Waals surface area contributed by atoms with E-state index in [0.717, 1.165) is 0 Å². The standard InChI is InChI=1S/C26H32O5/c1-17(2)23(28)10-6-8-12-25(30)21-14-20(19(5)27)15-22(16-21)26(31)13-9-7-11-24(29)18(3)4/h14-16H,1,3,6-13H2,2,4-5H3. The van der Waals surface area contributed by atoms with E-state index >= 15 is 0 Å². The summed E-state index contributed by atoms with van der Waals surface area (Å²) < 4.78 is 0. The molecule has 166 valence electrons.